The number of hydrogen-bond acceptors (Lipinski definition) is 8. The second-order valence-corrected chi connectivity index (χ2v) is 12.8. The van der Waals surface area contributed by atoms with Gasteiger partial charge in [-0.05, 0) is 87.0 Å². The van der Waals surface area contributed by atoms with Crippen LogP contribution < -0.4 is 15.2 Å². The van der Waals surface area contributed by atoms with Gasteiger partial charge in [-0.1, -0.05) is 12.1 Å². The summed E-state index contributed by atoms with van der Waals surface area (Å²) in [6.07, 6.45) is 0.389. The van der Waals surface area contributed by atoms with Crippen LogP contribution in [0.5, 0.6) is 11.5 Å². The number of nitrogens with zero attached hydrogens (tertiary/aromatic N) is 5. The number of fused-ring (bicyclic) bond motifs is 1. The second-order valence-electron chi connectivity index (χ2n) is 12.8. The van der Waals surface area contributed by atoms with E-state index in [9.17, 15) is 23.2 Å². The van der Waals surface area contributed by atoms with Crippen LogP contribution >= 0.6 is 0 Å². The Morgan fingerprint density at radius 2 is 1.94 bits per heavy atom. The molecule has 0 bridgehead atoms. The molecule has 0 radical (unpaired) electrons. The number of para-hydroxylation sites is 1. The predicted molar refractivity (Wildman–Crippen MR) is 163 cm³/mol. The first-order valence-electron chi connectivity index (χ1n) is 15.6. The van der Waals surface area contributed by atoms with Crippen LogP contribution in [0, 0.1) is 22.6 Å². The van der Waals surface area contributed by atoms with Crippen molar-refractivity contribution in [2.75, 3.05) is 13.1 Å². The van der Waals surface area contributed by atoms with E-state index >= 15 is 4.39 Å². The standard InChI is InChI=1S/C34H31F4N7O3/c1-32(24-6-5-20(29(40)46)14-25(24)35)47-27-4-2-3-23(28(27)48-32)19-7-11-45(12-8-19)17-26-21(15-33(18-39)9-10-33)13-22(16-41-26)30-42-31(44-43-30)34(36,37)38/h2-6,13-14,16,19H,7-12,15,17H2,1H3,(H2,40,46)(H,42,43,44)/t32-/m0/s1. The molecule has 2 aromatic heterocycles. The topological polar surface area (TPSA) is 143 Å². The maximum atomic E-state index is 15.1. The molecular weight excluding hydrogens is 630 g/mol. The van der Waals surface area contributed by atoms with Crippen molar-refractivity contribution in [3.63, 3.8) is 0 Å². The van der Waals surface area contributed by atoms with Gasteiger partial charge in [0.25, 0.3) is 5.79 Å². The van der Waals surface area contributed by atoms with Gasteiger partial charge in [-0.15, -0.1) is 0 Å². The number of H-pyrrole nitrogens is 1. The van der Waals surface area contributed by atoms with E-state index in [0.717, 1.165) is 61.7 Å². The SMILES string of the molecule is C[C@]1(c2ccc(C(N)=O)cc2F)Oc2cccc(C3CCN(Cc4ncc(-c5n[nH]c(C(F)(F)F)n5)cc4CC4(C#N)CC4)CC3)c2O1. The van der Waals surface area contributed by atoms with Crippen LogP contribution in [0.1, 0.15) is 77.1 Å². The number of alkyl halides is 3. The average Bonchev–Trinajstić information content (AvgIpc) is 3.46. The minimum Gasteiger partial charge on any atom is -0.444 e. The molecule has 2 aliphatic heterocycles. The van der Waals surface area contributed by atoms with E-state index < -0.39 is 34.9 Å². The number of nitrogens with one attached hydrogen (secondary N) is 1. The number of pyridine rings is 1. The summed E-state index contributed by atoms with van der Waals surface area (Å²) in [7, 11) is 0. The van der Waals surface area contributed by atoms with E-state index in [0.29, 0.717) is 30.0 Å². The Morgan fingerprint density at radius 3 is 2.58 bits per heavy atom. The molecular formula is C34H31F4N7O3. The highest BCUT2D eigenvalue weighted by Gasteiger charge is 2.45. The van der Waals surface area contributed by atoms with E-state index in [1.165, 1.54) is 18.3 Å². The molecule has 0 unspecified atom stereocenters. The van der Waals surface area contributed by atoms with Crippen molar-refractivity contribution in [2.45, 2.75) is 63.5 Å². The number of halogens is 4. The van der Waals surface area contributed by atoms with Gasteiger partial charge in [-0.25, -0.2) is 9.37 Å². The van der Waals surface area contributed by atoms with Crippen molar-refractivity contribution < 1.29 is 31.8 Å². The van der Waals surface area contributed by atoms with Gasteiger partial charge >= 0.3 is 6.18 Å². The molecule has 1 atom stereocenters. The van der Waals surface area contributed by atoms with Crippen molar-refractivity contribution in [1.29, 1.82) is 5.26 Å². The first kappa shape index (κ1) is 31.6. The lowest BCUT2D eigenvalue weighted by Crippen LogP contribution is -2.34. The number of nitrogens with two attached hydrogens (primary N) is 1. The van der Waals surface area contributed by atoms with Crippen LogP contribution in [-0.2, 0) is 24.9 Å². The third-order valence-corrected chi connectivity index (χ3v) is 9.45. The summed E-state index contributed by atoms with van der Waals surface area (Å²) in [5, 5.41) is 15.5. The molecule has 7 rings (SSSR count). The molecule has 0 spiro atoms. The number of amides is 1. The van der Waals surface area contributed by atoms with Crippen LogP contribution in [-0.4, -0.2) is 44.1 Å². The summed E-state index contributed by atoms with van der Waals surface area (Å²) < 4.78 is 66.9. The molecule has 248 valence electrons. The summed E-state index contributed by atoms with van der Waals surface area (Å²) in [6.45, 7) is 3.61. The predicted octanol–water partition coefficient (Wildman–Crippen LogP) is 5.99. The molecule has 4 heterocycles. The fourth-order valence-electron chi connectivity index (χ4n) is 6.55. The summed E-state index contributed by atoms with van der Waals surface area (Å²) in [5.74, 6) is -2.91. The van der Waals surface area contributed by atoms with Crippen molar-refractivity contribution >= 4 is 5.91 Å². The molecule has 48 heavy (non-hydrogen) atoms. The zero-order valence-electron chi connectivity index (χ0n) is 25.9. The van der Waals surface area contributed by atoms with Crippen LogP contribution in [0.2, 0.25) is 0 Å². The minimum absolute atomic E-state index is 0.0485. The number of hydrogen-bond donors (Lipinski definition) is 2. The molecule has 3 N–H and O–H groups in total. The summed E-state index contributed by atoms with van der Waals surface area (Å²) >= 11 is 0. The molecule has 1 saturated heterocycles. The number of carbonyl (C=O) groups excluding carboxylic acids is 1. The Morgan fingerprint density at radius 1 is 1.17 bits per heavy atom. The number of piperidine rings is 1. The van der Waals surface area contributed by atoms with Crippen molar-refractivity contribution in [2.24, 2.45) is 11.1 Å². The fourth-order valence-corrected chi connectivity index (χ4v) is 6.55. The number of primary amides is 1. The van der Waals surface area contributed by atoms with Crippen molar-refractivity contribution in [3.05, 3.63) is 88.3 Å². The van der Waals surface area contributed by atoms with Crippen LogP contribution in [0.25, 0.3) is 11.4 Å². The molecule has 2 aromatic carbocycles. The molecule has 1 amide bonds. The normalized spacial score (nSPS) is 20.4. The lowest BCUT2D eigenvalue weighted by molar-refractivity contribution is -0.144. The zero-order valence-corrected chi connectivity index (χ0v) is 25.9. The molecule has 14 heteroatoms. The van der Waals surface area contributed by atoms with Gasteiger partial charge in [0.05, 0.1) is 22.7 Å². The molecule has 2 fully saturated rings. The number of likely N-dealkylation sites (tertiary alicyclic amines) is 1. The van der Waals surface area contributed by atoms with E-state index in [2.05, 4.69) is 26.0 Å². The Hall–Kier alpha value is -5.03. The molecule has 1 saturated carbocycles. The smallest absolute Gasteiger partial charge is 0.444 e. The monoisotopic (exact) mass is 661 g/mol. The number of carbonyl (C=O) groups is 1. The highest BCUT2D eigenvalue weighted by molar-refractivity contribution is 5.92. The van der Waals surface area contributed by atoms with Gasteiger partial charge in [0.1, 0.15) is 5.82 Å². The van der Waals surface area contributed by atoms with Gasteiger partial charge < -0.3 is 15.2 Å². The number of rotatable bonds is 8. The number of aromatic nitrogens is 4. The zero-order chi connectivity index (χ0) is 33.8. The van der Waals surface area contributed by atoms with E-state index in [1.807, 2.05) is 17.2 Å². The quantitative estimate of drug-likeness (QED) is 0.219. The molecule has 1 aliphatic carbocycles. The van der Waals surface area contributed by atoms with Crippen LogP contribution in [0.15, 0.2) is 48.7 Å². The second kappa shape index (κ2) is 11.6. The van der Waals surface area contributed by atoms with Gasteiger partial charge in [0.15, 0.2) is 17.3 Å². The fraction of sp³-hybridized carbons (Fsp3) is 0.382. The summed E-state index contributed by atoms with van der Waals surface area (Å²) in [6, 6.07) is 13.8. The van der Waals surface area contributed by atoms with Crippen molar-refractivity contribution in [1.82, 2.24) is 25.1 Å². The lowest BCUT2D eigenvalue weighted by atomic mass is 9.88. The summed E-state index contributed by atoms with van der Waals surface area (Å²) in [4.78, 5) is 22.0. The first-order valence-corrected chi connectivity index (χ1v) is 15.6. The van der Waals surface area contributed by atoms with Crippen LogP contribution in [0.3, 0.4) is 0 Å². The van der Waals surface area contributed by atoms with E-state index in [-0.39, 0.29) is 22.9 Å². The third kappa shape index (κ3) is 5.94. The maximum absolute atomic E-state index is 15.1. The Balaban J connectivity index is 1.06. The highest BCUT2D eigenvalue weighted by Crippen LogP contribution is 2.50. The average molecular weight is 662 g/mol. The first-order chi connectivity index (χ1) is 22.9. The number of ether oxygens (including phenoxy) is 2. The highest BCUT2D eigenvalue weighted by atomic mass is 19.4. The molecule has 3 aliphatic rings. The van der Waals surface area contributed by atoms with Gasteiger partial charge in [-0.2, -0.15) is 23.5 Å². The number of benzene rings is 2. The number of aromatic amines is 1. The molecule has 4 aromatic rings. The minimum atomic E-state index is -4.65. The Bertz CT molecular complexity index is 1940. The maximum Gasteiger partial charge on any atom is 0.451 e. The Labute approximate surface area is 272 Å². The number of nitriles is 1. The third-order valence-electron chi connectivity index (χ3n) is 9.45. The van der Waals surface area contributed by atoms with E-state index in [4.69, 9.17) is 15.2 Å². The summed E-state index contributed by atoms with van der Waals surface area (Å²) in [5.41, 5.74) is 7.88. The van der Waals surface area contributed by atoms with Crippen molar-refractivity contribution in [3.8, 4) is 29.0 Å². The van der Waals surface area contributed by atoms with E-state index in [1.54, 1.807) is 19.1 Å². The van der Waals surface area contributed by atoms with Crippen LogP contribution in [0.4, 0.5) is 17.6 Å². The lowest BCUT2D eigenvalue weighted by Gasteiger charge is -2.33. The van der Waals surface area contributed by atoms with Gasteiger partial charge in [0, 0.05) is 36.4 Å². The Kier molecular flexibility index (Phi) is 7.62. The van der Waals surface area contributed by atoms with Gasteiger partial charge in [-0.3, -0.25) is 19.8 Å². The van der Waals surface area contributed by atoms with Gasteiger partial charge in [0.2, 0.25) is 11.7 Å². The largest absolute Gasteiger partial charge is 0.451 e. The molecule has 10 nitrogen and oxygen atoms in total.